The molecule has 1 rings (SSSR count). The molecule has 1 unspecified atom stereocenters. The zero-order valence-corrected chi connectivity index (χ0v) is 11.1. The minimum atomic E-state index is -0.552. The molecule has 1 saturated heterocycles. The molecule has 98 valence electrons. The molecule has 0 bridgehead atoms. The van der Waals surface area contributed by atoms with E-state index in [4.69, 9.17) is 9.47 Å². The summed E-state index contributed by atoms with van der Waals surface area (Å²) in [6.07, 6.45) is 0.184. The van der Waals surface area contributed by atoms with E-state index in [-0.39, 0.29) is 11.9 Å². The molecule has 0 spiro atoms. The summed E-state index contributed by atoms with van der Waals surface area (Å²) in [5.74, 6) is -0.0909. The van der Waals surface area contributed by atoms with Crippen LogP contribution >= 0.6 is 0 Å². The molecule has 17 heavy (non-hydrogen) atoms. The van der Waals surface area contributed by atoms with E-state index in [1.165, 1.54) is 12.0 Å². The van der Waals surface area contributed by atoms with Crippen LogP contribution in [0.5, 0.6) is 0 Å². The van der Waals surface area contributed by atoms with Gasteiger partial charge in [0.05, 0.1) is 7.11 Å². The Morgan fingerprint density at radius 1 is 1.29 bits per heavy atom. The largest absolute Gasteiger partial charge is 0.467 e. The first kappa shape index (κ1) is 13.8. The number of esters is 1. The number of nitrogens with zero attached hydrogens (tertiary/aromatic N) is 1. The molecule has 0 radical (unpaired) electrons. The number of carbonyl (C=O) groups is 2. The van der Waals surface area contributed by atoms with E-state index in [0.717, 1.165) is 0 Å². The summed E-state index contributed by atoms with van der Waals surface area (Å²) in [6, 6.07) is -0.509. The highest BCUT2D eigenvalue weighted by Gasteiger charge is 2.40. The van der Waals surface area contributed by atoms with E-state index in [1.807, 2.05) is 6.92 Å². The summed E-state index contributed by atoms with van der Waals surface area (Å²) in [7, 11) is 1.33. The molecule has 1 fully saturated rings. The molecule has 1 amide bonds. The van der Waals surface area contributed by atoms with Gasteiger partial charge >= 0.3 is 12.1 Å². The Balaban J connectivity index is 2.73. The first-order valence-corrected chi connectivity index (χ1v) is 5.82. The van der Waals surface area contributed by atoms with Gasteiger partial charge in [-0.3, -0.25) is 4.90 Å². The van der Waals surface area contributed by atoms with Crippen LogP contribution in [0, 0.1) is 5.92 Å². The molecule has 0 aliphatic carbocycles. The number of likely N-dealkylation sites (tertiary alicyclic amines) is 1. The predicted octanol–water partition coefficient (Wildman–Crippen LogP) is 1.80. The molecule has 0 aromatic rings. The summed E-state index contributed by atoms with van der Waals surface area (Å²) in [4.78, 5) is 25.0. The molecule has 0 aromatic carbocycles. The van der Waals surface area contributed by atoms with Gasteiger partial charge in [0.2, 0.25) is 0 Å². The standard InChI is InChI=1S/C12H21NO4/c1-8-6-9(10(14)16-5)13(7-8)11(15)17-12(2,3)4/h8-9H,6-7H2,1-5H3/t8?,9-/m1/s1. The van der Waals surface area contributed by atoms with Crippen molar-refractivity contribution in [2.75, 3.05) is 13.7 Å². The first-order valence-electron chi connectivity index (χ1n) is 5.82. The van der Waals surface area contributed by atoms with Crippen LogP contribution in [0.15, 0.2) is 0 Å². The molecular weight excluding hydrogens is 222 g/mol. The summed E-state index contributed by atoms with van der Waals surface area (Å²) >= 11 is 0. The smallest absolute Gasteiger partial charge is 0.411 e. The summed E-state index contributed by atoms with van der Waals surface area (Å²) < 4.78 is 9.98. The Hall–Kier alpha value is -1.26. The van der Waals surface area contributed by atoms with Gasteiger partial charge in [-0.1, -0.05) is 6.92 Å². The van der Waals surface area contributed by atoms with E-state index in [2.05, 4.69) is 0 Å². The van der Waals surface area contributed by atoms with Crippen molar-refractivity contribution in [1.29, 1.82) is 0 Å². The van der Waals surface area contributed by atoms with Crippen molar-refractivity contribution < 1.29 is 19.1 Å². The third-order valence-electron chi connectivity index (χ3n) is 2.61. The monoisotopic (exact) mass is 243 g/mol. The molecule has 1 aliphatic rings. The third-order valence-corrected chi connectivity index (χ3v) is 2.61. The van der Waals surface area contributed by atoms with Crippen molar-refractivity contribution in [3.05, 3.63) is 0 Å². The van der Waals surface area contributed by atoms with Crippen LogP contribution in [0.4, 0.5) is 4.79 Å². The molecule has 0 aromatic heterocycles. The zero-order valence-electron chi connectivity index (χ0n) is 11.1. The van der Waals surface area contributed by atoms with Crippen LogP contribution in [0.25, 0.3) is 0 Å². The summed E-state index contributed by atoms with van der Waals surface area (Å²) in [5, 5.41) is 0. The first-order chi connectivity index (χ1) is 7.74. The zero-order chi connectivity index (χ0) is 13.2. The van der Waals surface area contributed by atoms with Gasteiger partial charge in [0, 0.05) is 6.54 Å². The molecule has 0 N–H and O–H groups in total. The fourth-order valence-corrected chi connectivity index (χ4v) is 1.93. The lowest BCUT2D eigenvalue weighted by molar-refractivity contribution is -0.145. The van der Waals surface area contributed by atoms with Crippen molar-refractivity contribution in [3.8, 4) is 0 Å². The van der Waals surface area contributed by atoms with Crippen LogP contribution in [0.2, 0.25) is 0 Å². The third kappa shape index (κ3) is 3.61. The Labute approximate surface area is 102 Å². The second-order valence-electron chi connectivity index (χ2n) is 5.51. The van der Waals surface area contributed by atoms with E-state index in [1.54, 1.807) is 20.8 Å². The van der Waals surface area contributed by atoms with Crippen molar-refractivity contribution in [3.63, 3.8) is 0 Å². The maximum absolute atomic E-state index is 11.9. The number of methoxy groups -OCH3 is 1. The fraction of sp³-hybridized carbons (Fsp3) is 0.833. The molecule has 5 heteroatoms. The number of carbonyl (C=O) groups excluding carboxylic acids is 2. The quantitative estimate of drug-likeness (QED) is 0.659. The van der Waals surface area contributed by atoms with Crippen molar-refractivity contribution in [2.24, 2.45) is 5.92 Å². The molecule has 5 nitrogen and oxygen atoms in total. The molecule has 2 atom stereocenters. The van der Waals surface area contributed by atoms with Gasteiger partial charge < -0.3 is 9.47 Å². The van der Waals surface area contributed by atoms with Gasteiger partial charge in [-0.2, -0.15) is 0 Å². The SMILES string of the molecule is COC(=O)[C@H]1CC(C)CN1C(=O)OC(C)(C)C. The van der Waals surface area contributed by atoms with Gasteiger partial charge in [-0.25, -0.2) is 9.59 Å². The van der Waals surface area contributed by atoms with Crippen molar-refractivity contribution in [2.45, 2.75) is 45.8 Å². The lowest BCUT2D eigenvalue weighted by Gasteiger charge is -2.27. The average molecular weight is 243 g/mol. The van der Waals surface area contributed by atoms with Crippen molar-refractivity contribution in [1.82, 2.24) is 4.90 Å². The summed E-state index contributed by atoms with van der Waals surface area (Å²) in [6.45, 7) is 7.95. The summed E-state index contributed by atoms with van der Waals surface area (Å²) in [5.41, 5.74) is -0.552. The van der Waals surface area contributed by atoms with E-state index in [9.17, 15) is 9.59 Å². The lowest BCUT2D eigenvalue weighted by atomic mass is 10.1. The number of hydrogen-bond donors (Lipinski definition) is 0. The second-order valence-corrected chi connectivity index (χ2v) is 5.51. The Kier molecular flexibility index (Phi) is 4.01. The van der Waals surface area contributed by atoms with Gasteiger partial charge in [0.15, 0.2) is 0 Å². The highest BCUT2D eigenvalue weighted by molar-refractivity contribution is 5.82. The maximum Gasteiger partial charge on any atom is 0.411 e. The number of amides is 1. The Bertz CT molecular complexity index is 308. The van der Waals surface area contributed by atoms with Gasteiger partial charge in [0.1, 0.15) is 11.6 Å². The minimum Gasteiger partial charge on any atom is -0.467 e. The molecule has 0 saturated carbocycles. The van der Waals surface area contributed by atoms with Gasteiger partial charge in [0.25, 0.3) is 0 Å². The van der Waals surface area contributed by atoms with Gasteiger partial charge in [-0.15, -0.1) is 0 Å². The van der Waals surface area contributed by atoms with Crippen LogP contribution < -0.4 is 0 Å². The highest BCUT2D eigenvalue weighted by Crippen LogP contribution is 2.25. The molecule has 1 aliphatic heterocycles. The molecular formula is C12H21NO4. The predicted molar refractivity (Wildman–Crippen MR) is 62.5 cm³/mol. The maximum atomic E-state index is 11.9. The van der Waals surface area contributed by atoms with Crippen LogP contribution in [-0.4, -0.2) is 42.3 Å². The van der Waals surface area contributed by atoms with E-state index >= 15 is 0 Å². The number of rotatable bonds is 1. The Morgan fingerprint density at radius 2 is 1.88 bits per heavy atom. The number of ether oxygens (including phenoxy) is 2. The molecule has 1 heterocycles. The lowest BCUT2D eigenvalue weighted by Crippen LogP contribution is -2.43. The van der Waals surface area contributed by atoms with Crippen LogP contribution in [0.1, 0.15) is 34.1 Å². The van der Waals surface area contributed by atoms with E-state index in [0.29, 0.717) is 13.0 Å². The van der Waals surface area contributed by atoms with E-state index < -0.39 is 17.7 Å². The minimum absolute atomic E-state index is 0.284. The number of hydrogen-bond acceptors (Lipinski definition) is 4. The van der Waals surface area contributed by atoms with Crippen molar-refractivity contribution >= 4 is 12.1 Å². The average Bonchev–Trinajstić information content (AvgIpc) is 2.56. The topological polar surface area (TPSA) is 55.8 Å². The van der Waals surface area contributed by atoms with Crippen LogP contribution in [-0.2, 0) is 14.3 Å². The second kappa shape index (κ2) is 4.94. The van der Waals surface area contributed by atoms with Gasteiger partial charge in [-0.05, 0) is 33.1 Å². The van der Waals surface area contributed by atoms with Crippen LogP contribution in [0.3, 0.4) is 0 Å². The Morgan fingerprint density at radius 3 is 2.35 bits per heavy atom. The highest BCUT2D eigenvalue weighted by atomic mass is 16.6. The fourth-order valence-electron chi connectivity index (χ4n) is 1.93. The normalized spacial score (nSPS) is 24.6.